The lowest BCUT2D eigenvalue weighted by molar-refractivity contribution is -0.611. The van der Waals surface area contributed by atoms with Gasteiger partial charge in [-0.25, -0.2) is 14.1 Å². The Labute approximate surface area is 88.5 Å². The first-order chi connectivity index (χ1) is 6.86. The van der Waals surface area contributed by atoms with Crippen LogP contribution in [0.1, 0.15) is 31.3 Å². The molecule has 1 heterocycles. The van der Waals surface area contributed by atoms with Crippen LogP contribution in [-0.2, 0) is 4.79 Å². The van der Waals surface area contributed by atoms with E-state index < -0.39 is 12.0 Å². The van der Waals surface area contributed by atoms with Crippen molar-refractivity contribution in [2.45, 2.75) is 33.7 Å². The van der Waals surface area contributed by atoms with Gasteiger partial charge in [0.2, 0.25) is 6.33 Å². The number of nitrogens with zero attached hydrogens (tertiary/aromatic N) is 2. The molecular formula is C10H16N2O3. The van der Waals surface area contributed by atoms with E-state index in [1.165, 1.54) is 10.9 Å². The molecule has 0 bridgehead atoms. The Morgan fingerprint density at radius 1 is 1.53 bits per heavy atom. The number of imidazole rings is 1. The van der Waals surface area contributed by atoms with Gasteiger partial charge in [0.15, 0.2) is 6.04 Å². The fourth-order valence-corrected chi connectivity index (χ4v) is 1.64. The Kier molecular flexibility index (Phi) is 3.02. The summed E-state index contributed by atoms with van der Waals surface area (Å²) >= 11 is 0. The highest BCUT2D eigenvalue weighted by Gasteiger charge is 2.30. The SMILES string of the molecule is Cc1c(C)[n+]([O-])cn1C(C(=O)O)C(C)C. The van der Waals surface area contributed by atoms with Crippen LogP contribution in [0.3, 0.4) is 0 Å². The molecule has 1 aromatic heterocycles. The maximum Gasteiger partial charge on any atom is 0.349 e. The van der Waals surface area contributed by atoms with Crippen molar-refractivity contribution in [3.05, 3.63) is 22.9 Å². The Morgan fingerprint density at radius 2 is 2.07 bits per heavy atom. The summed E-state index contributed by atoms with van der Waals surface area (Å²) in [6, 6.07) is -0.682. The zero-order valence-electron chi connectivity index (χ0n) is 9.39. The smallest absolute Gasteiger partial charge is 0.349 e. The Bertz CT molecular complexity index is 382. The molecule has 0 aliphatic rings. The third-order valence-electron chi connectivity index (χ3n) is 2.65. The number of aliphatic carboxylic acids is 1. The van der Waals surface area contributed by atoms with Crippen molar-refractivity contribution in [1.82, 2.24) is 4.57 Å². The van der Waals surface area contributed by atoms with Gasteiger partial charge in [0.1, 0.15) is 11.4 Å². The maximum absolute atomic E-state index is 11.3. The van der Waals surface area contributed by atoms with E-state index in [1.807, 2.05) is 13.8 Å². The van der Waals surface area contributed by atoms with Crippen molar-refractivity contribution in [2.24, 2.45) is 5.92 Å². The van der Waals surface area contributed by atoms with E-state index in [9.17, 15) is 10.0 Å². The molecule has 0 spiro atoms. The fraction of sp³-hybridized carbons (Fsp3) is 0.600. The van der Waals surface area contributed by atoms with Gasteiger partial charge < -0.3 is 10.3 Å². The quantitative estimate of drug-likeness (QED) is 0.600. The third-order valence-corrected chi connectivity index (χ3v) is 2.65. The van der Waals surface area contributed by atoms with Gasteiger partial charge >= 0.3 is 5.97 Å². The van der Waals surface area contributed by atoms with Gasteiger partial charge in [-0.2, -0.15) is 0 Å². The van der Waals surface area contributed by atoms with Crippen LogP contribution in [0.4, 0.5) is 0 Å². The second-order valence-electron chi connectivity index (χ2n) is 4.05. The minimum Gasteiger partial charge on any atom is -0.711 e. The van der Waals surface area contributed by atoms with Gasteiger partial charge in [0.25, 0.3) is 0 Å². The normalized spacial score (nSPS) is 13.1. The second kappa shape index (κ2) is 3.92. The maximum atomic E-state index is 11.3. The van der Waals surface area contributed by atoms with E-state index >= 15 is 0 Å². The van der Waals surface area contributed by atoms with Gasteiger partial charge in [-0.1, -0.05) is 13.8 Å². The van der Waals surface area contributed by atoms with E-state index in [2.05, 4.69) is 0 Å². The molecule has 0 saturated heterocycles. The summed E-state index contributed by atoms with van der Waals surface area (Å²) in [5, 5.41) is 20.4. The number of rotatable bonds is 3. The van der Waals surface area contributed by atoms with Crippen LogP contribution in [0.2, 0.25) is 0 Å². The first-order valence-electron chi connectivity index (χ1n) is 4.86. The molecule has 0 aliphatic heterocycles. The number of hydrogen-bond acceptors (Lipinski definition) is 2. The minimum absolute atomic E-state index is 0.0620. The zero-order chi connectivity index (χ0) is 11.7. The van der Waals surface area contributed by atoms with Crippen molar-refractivity contribution in [1.29, 1.82) is 0 Å². The number of hydrogen-bond donors (Lipinski definition) is 1. The average molecular weight is 212 g/mol. The first kappa shape index (κ1) is 11.6. The van der Waals surface area contributed by atoms with Crippen LogP contribution in [-0.4, -0.2) is 15.6 Å². The van der Waals surface area contributed by atoms with Crippen molar-refractivity contribution in [2.75, 3.05) is 0 Å². The predicted octanol–water partition coefficient (Wildman–Crippen LogP) is 1.02. The molecular weight excluding hydrogens is 196 g/mol. The van der Waals surface area contributed by atoms with Crippen molar-refractivity contribution in [3.63, 3.8) is 0 Å². The van der Waals surface area contributed by atoms with E-state index in [4.69, 9.17) is 5.11 Å². The van der Waals surface area contributed by atoms with Crippen LogP contribution < -0.4 is 4.73 Å². The number of carboxylic acids is 1. The number of aromatic nitrogens is 2. The number of carboxylic acid groups (broad SMARTS) is 1. The Morgan fingerprint density at radius 3 is 2.33 bits per heavy atom. The molecule has 0 saturated carbocycles. The van der Waals surface area contributed by atoms with Gasteiger partial charge in [0.05, 0.1) is 0 Å². The monoisotopic (exact) mass is 212 g/mol. The largest absolute Gasteiger partial charge is 0.711 e. The molecule has 0 amide bonds. The fourth-order valence-electron chi connectivity index (χ4n) is 1.64. The lowest BCUT2D eigenvalue weighted by atomic mass is 10.0. The molecule has 15 heavy (non-hydrogen) atoms. The van der Waals surface area contributed by atoms with Crippen LogP contribution in [0.25, 0.3) is 0 Å². The molecule has 1 N–H and O–H groups in total. The molecule has 1 rings (SSSR count). The van der Waals surface area contributed by atoms with Gasteiger partial charge in [0, 0.05) is 19.8 Å². The van der Waals surface area contributed by atoms with Gasteiger partial charge in [-0.05, 0) is 0 Å². The van der Waals surface area contributed by atoms with Crippen LogP contribution in [0.5, 0.6) is 0 Å². The Hall–Kier alpha value is -1.52. The molecule has 0 radical (unpaired) electrons. The highest BCUT2D eigenvalue weighted by Crippen LogP contribution is 2.20. The second-order valence-corrected chi connectivity index (χ2v) is 4.05. The zero-order valence-corrected chi connectivity index (χ0v) is 9.39. The van der Waals surface area contributed by atoms with E-state index in [0.29, 0.717) is 16.1 Å². The summed E-state index contributed by atoms with van der Waals surface area (Å²) in [5.41, 5.74) is 1.24. The van der Waals surface area contributed by atoms with E-state index in [0.717, 1.165) is 0 Å². The lowest BCUT2D eigenvalue weighted by Crippen LogP contribution is -2.28. The topological polar surface area (TPSA) is 69.2 Å². The predicted molar refractivity (Wildman–Crippen MR) is 54.4 cm³/mol. The van der Waals surface area contributed by atoms with Crippen molar-refractivity contribution < 1.29 is 14.6 Å². The highest BCUT2D eigenvalue weighted by molar-refractivity contribution is 5.72. The molecule has 0 aliphatic carbocycles. The molecule has 84 valence electrons. The Balaban J connectivity index is 3.23. The summed E-state index contributed by atoms with van der Waals surface area (Å²) in [6.07, 6.45) is 1.30. The molecule has 1 atom stereocenters. The molecule has 1 aromatic rings. The van der Waals surface area contributed by atoms with Gasteiger partial charge in [-0.15, -0.1) is 0 Å². The average Bonchev–Trinajstić information content (AvgIpc) is 2.33. The standard InChI is InChI=1S/C10H16N2O3/c1-6(2)9(10(13)14)11-5-12(15)8(4)7(11)3/h5-6,9H,1-4H3,(H,13,14). The highest BCUT2D eigenvalue weighted by atomic mass is 16.5. The first-order valence-corrected chi connectivity index (χ1v) is 4.86. The summed E-state index contributed by atoms with van der Waals surface area (Å²) in [6.45, 7) is 7.07. The molecule has 0 aromatic carbocycles. The van der Waals surface area contributed by atoms with E-state index in [-0.39, 0.29) is 5.92 Å². The number of carbonyl (C=O) groups is 1. The third kappa shape index (κ3) is 1.95. The van der Waals surface area contributed by atoms with Gasteiger partial charge in [-0.3, -0.25) is 0 Å². The summed E-state index contributed by atoms with van der Waals surface area (Å²) < 4.78 is 2.23. The molecule has 0 fully saturated rings. The molecule has 5 heteroatoms. The van der Waals surface area contributed by atoms with Crippen LogP contribution in [0, 0.1) is 25.0 Å². The summed E-state index contributed by atoms with van der Waals surface area (Å²) in [7, 11) is 0. The van der Waals surface area contributed by atoms with Crippen molar-refractivity contribution in [3.8, 4) is 0 Å². The van der Waals surface area contributed by atoms with E-state index in [1.54, 1.807) is 13.8 Å². The minimum atomic E-state index is -0.913. The van der Waals surface area contributed by atoms with Crippen LogP contribution >= 0.6 is 0 Å². The lowest BCUT2D eigenvalue weighted by Gasteiger charge is -2.13. The van der Waals surface area contributed by atoms with Crippen LogP contribution in [0.15, 0.2) is 6.33 Å². The summed E-state index contributed by atoms with van der Waals surface area (Å²) in [4.78, 5) is 11.1. The van der Waals surface area contributed by atoms with Crippen molar-refractivity contribution >= 4 is 5.97 Å². The molecule has 1 unspecified atom stereocenters. The summed E-state index contributed by atoms with van der Waals surface area (Å²) in [5.74, 6) is -0.975. The molecule has 5 nitrogen and oxygen atoms in total.